The van der Waals surface area contributed by atoms with Crippen molar-refractivity contribution >= 4 is 23.2 Å². The van der Waals surface area contributed by atoms with Gasteiger partial charge in [0.1, 0.15) is 0 Å². The van der Waals surface area contributed by atoms with Gasteiger partial charge in [-0.15, -0.1) is 0 Å². The van der Waals surface area contributed by atoms with E-state index in [9.17, 15) is 0 Å². The molecule has 6 nitrogen and oxygen atoms in total. The molecule has 112 valence electrons. The summed E-state index contributed by atoms with van der Waals surface area (Å²) in [6.45, 7) is 0. The molecule has 0 saturated carbocycles. The Bertz CT molecular complexity index is 778. The number of ether oxygens (including phenoxy) is 2. The van der Waals surface area contributed by atoms with Gasteiger partial charge >= 0.3 is 0 Å². The Balaban J connectivity index is 1.80. The van der Waals surface area contributed by atoms with Crippen molar-refractivity contribution in [3.63, 3.8) is 0 Å². The zero-order valence-electron chi connectivity index (χ0n) is 12.3. The van der Waals surface area contributed by atoms with Crippen molar-refractivity contribution in [3.8, 4) is 11.5 Å². The van der Waals surface area contributed by atoms with E-state index in [1.54, 1.807) is 20.4 Å². The predicted octanol–water partition coefficient (Wildman–Crippen LogP) is 3.03. The van der Waals surface area contributed by atoms with Crippen LogP contribution in [0.15, 0.2) is 47.6 Å². The summed E-state index contributed by atoms with van der Waals surface area (Å²) in [5.74, 6) is 1.88. The fourth-order valence-corrected chi connectivity index (χ4v) is 2.18. The molecule has 2 N–H and O–H groups in total. The zero-order chi connectivity index (χ0) is 15.4. The summed E-state index contributed by atoms with van der Waals surface area (Å²) in [4.78, 5) is 7.52. The number of fused-ring (bicyclic) bond motifs is 1. The summed E-state index contributed by atoms with van der Waals surface area (Å²) in [5, 5.41) is 4.19. The van der Waals surface area contributed by atoms with Crippen LogP contribution < -0.4 is 14.9 Å². The van der Waals surface area contributed by atoms with E-state index in [1.807, 2.05) is 42.5 Å². The van der Waals surface area contributed by atoms with Crippen LogP contribution >= 0.6 is 0 Å². The average molecular weight is 296 g/mol. The van der Waals surface area contributed by atoms with E-state index in [0.717, 1.165) is 16.6 Å². The lowest BCUT2D eigenvalue weighted by Gasteiger charge is -2.09. The molecule has 3 rings (SSSR count). The van der Waals surface area contributed by atoms with Gasteiger partial charge < -0.3 is 14.5 Å². The largest absolute Gasteiger partial charge is 0.493 e. The zero-order valence-corrected chi connectivity index (χ0v) is 12.3. The van der Waals surface area contributed by atoms with Crippen molar-refractivity contribution in [2.45, 2.75) is 0 Å². The van der Waals surface area contributed by atoms with Crippen LogP contribution in [0.2, 0.25) is 0 Å². The lowest BCUT2D eigenvalue weighted by molar-refractivity contribution is 0.354. The molecule has 3 aromatic rings. The Morgan fingerprint density at radius 1 is 1.09 bits per heavy atom. The van der Waals surface area contributed by atoms with Crippen LogP contribution in [0.3, 0.4) is 0 Å². The highest BCUT2D eigenvalue weighted by Crippen LogP contribution is 2.29. The number of rotatable bonds is 5. The highest BCUT2D eigenvalue weighted by molar-refractivity contribution is 5.85. The van der Waals surface area contributed by atoms with Crippen LogP contribution in [-0.4, -0.2) is 30.4 Å². The highest BCUT2D eigenvalue weighted by atomic mass is 16.5. The first-order valence-corrected chi connectivity index (χ1v) is 6.76. The Kier molecular flexibility index (Phi) is 3.91. The van der Waals surface area contributed by atoms with Crippen LogP contribution in [0.1, 0.15) is 5.56 Å². The second kappa shape index (κ2) is 6.17. The van der Waals surface area contributed by atoms with Crippen molar-refractivity contribution in [2.24, 2.45) is 5.10 Å². The Morgan fingerprint density at radius 2 is 1.95 bits per heavy atom. The molecule has 0 radical (unpaired) electrons. The van der Waals surface area contributed by atoms with Gasteiger partial charge in [-0.25, -0.2) is 10.4 Å². The number of aromatic amines is 1. The first-order chi connectivity index (χ1) is 10.8. The number of para-hydroxylation sites is 3. The monoisotopic (exact) mass is 296 g/mol. The maximum absolute atomic E-state index is 5.35. The topological polar surface area (TPSA) is 71.5 Å². The van der Waals surface area contributed by atoms with Crippen molar-refractivity contribution in [1.29, 1.82) is 0 Å². The molecule has 22 heavy (non-hydrogen) atoms. The van der Waals surface area contributed by atoms with Gasteiger partial charge in [-0.2, -0.15) is 5.10 Å². The molecule has 0 aliphatic carbocycles. The van der Waals surface area contributed by atoms with Crippen LogP contribution in [0.4, 0.5) is 5.95 Å². The molecule has 0 amide bonds. The first-order valence-electron chi connectivity index (χ1n) is 6.76. The first kappa shape index (κ1) is 13.9. The number of anilines is 1. The Hall–Kier alpha value is -3.02. The van der Waals surface area contributed by atoms with E-state index in [4.69, 9.17) is 9.47 Å². The number of imidazole rings is 1. The minimum atomic E-state index is 0.583. The molecule has 0 saturated heterocycles. The number of hydrazone groups is 1. The van der Waals surface area contributed by atoms with E-state index in [1.165, 1.54) is 0 Å². The minimum absolute atomic E-state index is 0.583. The van der Waals surface area contributed by atoms with E-state index >= 15 is 0 Å². The molecule has 0 bridgehead atoms. The van der Waals surface area contributed by atoms with Crippen LogP contribution in [-0.2, 0) is 0 Å². The second-order valence-corrected chi connectivity index (χ2v) is 4.56. The number of hydrogen-bond acceptors (Lipinski definition) is 5. The Labute approximate surface area is 127 Å². The smallest absolute Gasteiger partial charge is 0.222 e. The molecule has 0 unspecified atom stereocenters. The molecular weight excluding hydrogens is 280 g/mol. The maximum Gasteiger partial charge on any atom is 0.222 e. The molecule has 0 atom stereocenters. The summed E-state index contributed by atoms with van der Waals surface area (Å²) < 4.78 is 10.6. The molecule has 0 spiro atoms. The normalized spacial score (nSPS) is 11.0. The van der Waals surface area contributed by atoms with Crippen LogP contribution in [0, 0.1) is 0 Å². The molecule has 2 aromatic carbocycles. The quantitative estimate of drug-likeness (QED) is 0.561. The number of aromatic nitrogens is 2. The van der Waals surface area contributed by atoms with Gasteiger partial charge in [0, 0.05) is 5.56 Å². The number of nitrogens with zero attached hydrogens (tertiary/aromatic N) is 2. The molecule has 1 heterocycles. The van der Waals surface area contributed by atoms with Gasteiger partial charge in [0.05, 0.1) is 31.5 Å². The number of hydrogen-bond donors (Lipinski definition) is 2. The van der Waals surface area contributed by atoms with E-state index in [2.05, 4.69) is 20.5 Å². The van der Waals surface area contributed by atoms with Crippen molar-refractivity contribution in [2.75, 3.05) is 19.6 Å². The summed E-state index contributed by atoms with van der Waals surface area (Å²) >= 11 is 0. The number of methoxy groups -OCH3 is 2. The SMILES string of the molecule is COc1cccc(/C=N/Nc2nc3ccccc3[nH]2)c1OC. The minimum Gasteiger partial charge on any atom is -0.493 e. The van der Waals surface area contributed by atoms with Crippen LogP contribution in [0.5, 0.6) is 11.5 Å². The van der Waals surface area contributed by atoms with Gasteiger partial charge in [0.25, 0.3) is 0 Å². The Morgan fingerprint density at radius 3 is 2.73 bits per heavy atom. The third kappa shape index (κ3) is 2.71. The van der Waals surface area contributed by atoms with Gasteiger partial charge in [-0.05, 0) is 24.3 Å². The number of benzene rings is 2. The molecule has 6 heteroatoms. The van der Waals surface area contributed by atoms with E-state index in [0.29, 0.717) is 17.4 Å². The third-order valence-electron chi connectivity index (χ3n) is 3.20. The van der Waals surface area contributed by atoms with Gasteiger partial charge in [0.2, 0.25) is 5.95 Å². The fourth-order valence-electron chi connectivity index (χ4n) is 2.18. The number of nitrogens with one attached hydrogen (secondary N) is 2. The fraction of sp³-hybridized carbons (Fsp3) is 0.125. The molecule has 0 fully saturated rings. The predicted molar refractivity (Wildman–Crippen MR) is 86.9 cm³/mol. The third-order valence-corrected chi connectivity index (χ3v) is 3.20. The second-order valence-electron chi connectivity index (χ2n) is 4.56. The maximum atomic E-state index is 5.35. The molecule has 0 aliphatic heterocycles. The van der Waals surface area contributed by atoms with Gasteiger partial charge in [0.15, 0.2) is 11.5 Å². The summed E-state index contributed by atoms with van der Waals surface area (Å²) in [7, 11) is 3.20. The lowest BCUT2D eigenvalue weighted by atomic mass is 10.2. The van der Waals surface area contributed by atoms with Crippen LogP contribution in [0.25, 0.3) is 11.0 Å². The van der Waals surface area contributed by atoms with Gasteiger partial charge in [-0.3, -0.25) is 0 Å². The summed E-state index contributed by atoms with van der Waals surface area (Å²) in [5.41, 5.74) is 5.53. The van der Waals surface area contributed by atoms with Crippen molar-refractivity contribution in [1.82, 2.24) is 9.97 Å². The number of H-pyrrole nitrogens is 1. The summed E-state index contributed by atoms with van der Waals surface area (Å²) in [6.07, 6.45) is 1.66. The van der Waals surface area contributed by atoms with E-state index in [-0.39, 0.29) is 0 Å². The molecule has 1 aromatic heterocycles. The standard InChI is InChI=1S/C16H16N4O2/c1-21-14-9-5-6-11(15(14)22-2)10-17-20-16-18-12-7-3-4-8-13(12)19-16/h3-10H,1-2H3,(H2,18,19,20)/b17-10+. The van der Waals surface area contributed by atoms with Crippen molar-refractivity contribution in [3.05, 3.63) is 48.0 Å². The average Bonchev–Trinajstić information content (AvgIpc) is 2.97. The molecular formula is C16H16N4O2. The lowest BCUT2D eigenvalue weighted by Crippen LogP contribution is -1.97. The molecule has 0 aliphatic rings. The van der Waals surface area contributed by atoms with E-state index < -0.39 is 0 Å². The summed E-state index contributed by atoms with van der Waals surface area (Å²) in [6, 6.07) is 13.4. The van der Waals surface area contributed by atoms with Gasteiger partial charge in [-0.1, -0.05) is 18.2 Å². The highest BCUT2D eigenvalue weighted by Gasteiger charge is 2.07. The van der Waals surface area contributed by atoms with Crippen molar-refractivity contribution < 1.29 is 9.47 Å².